The molecule has 0 aliphatic rings. The van der Waals surface area contributed by atoms with Gasteiger partial charge in [-0.3, -0.25) is 14.9 Å². The number of anilines is 2. The number of benzene rings is 2. The molecule has 7 nitrogen and oxygen atoms in total. The molecule has 8 heteroatoms. The molecule has 0 fully saturated rings. The van der Waals surface area contributed by atoms with Crippen molar-refractivity contribution < 1.29 is 9.72 Å². The van der Waals surface area contributed by atoms with Gasteiger partial charge in [0.05, 0.1) is 15.6 Å². The van der Waals surface area contributed by atoms with Crippen LogP contribution in [0.3, 0.4) is 0 Å². The van der Waals surface area contributed by atoms with Gasteiger partial charge in [-0.2, -0.15) is 0 Å². The van der Waals surface area contributed by atoms with Crippen molar-refractivity contribution in [3.8, 4) is 11.3 Å². The van der Waals surface area contributed by atoms with Gasteiger partial charge in [0.2, 0.25) is 0 Å². The summed E-state index contributed by atoms with van der Waals surface area (Å²) in [6.07, 6.45) is 0. The second kappa shape index (κ2) is 7.32. The number of amides is 1. The first-order valence-electron chi connectivity index (χ1n) is 7.78. The fraction of sp³-hybridized carbons (Fsp3) is 0.111. The topological polar surface area (TPSA) is 97.2 Å². The quantitative estimate of drug-likeness (QED) is 0.516. The molecule has 2 N–H and O–H groups in total. The van der Waals surface area contributed by atoms with Crippen LogP contribution in [-0.2, 0) is 0 Å². The summed E-state index contributed by atoms with van der Waals surface area (Å²) in [7, 11) is 1.59. The molecule has 0 spiro atoms. The van der Waals surface area contributed by atoms with Gasteiger partial charge >= 0.3 is 0 Å². The lowest BCUT2D eigenvalue weighted by molar-refractivity contribution is -0.384. The third-order valence-corrected chi connectivity index (χ3v) is 4.56. The number of thiazole rings is 1. The molecule has 0 radical (unpaired) electrons. The van der Waals surface area contributed by atoms with E-state index in [4.69, 9.17) is 0 Å². The van der Waals surface area contributed by atoms with Gasteiger partial charge in [0.1, 0.15) is 5.69 Å². The van der Waals surface area contributed by atoms with Crippen LogP contribution in [0.15, 0.2) is 47.8 Å². The second-order valence-corrected chi connectivity index (χ2v) is 6.58. The first-order valence-corrected chi connectivity index (χ1v) is 8.66. The van der Waals surface area contributed by atoms with E-state index in [0.29, 0.717) is 11.4 Å². The molecule has 0 atom stereocenters. The molecule has 0 aliphatic heterocycles. The summed E-state index contributed by atoms with van der Waals surface area (Å²) in [5.74, 6) is -0.409. The standard InChI is InChI=1S/C18H16N4O3S/c1-11-20-16(10-26-11)12-3-6-14(7-4-12)21-18(23)13-5-8-15(19-2)17(9-13)22(24)25/h3-10,19H,1-2H3,(H,21,23). The van der Waals surface area contributed by atoms with E-state index in [0.717, 1.165) is 16.3 Å². The van der Waals surface area contributed by atoms with Crippen LogP contribution in [-0.4, -0.2) is 22.9 Å². The fourth-order valence-electron chi connectivity index (χ4n) is 2.46. The maximum Gasteiger partial charge on any atom is 0.293 e. The van der Waals surface area contributed by atoms with Crippen molar-refractivity contribution in [1.82, 2.24) is 4.98 Å². The Kier molecular flexibility index (Phi) is 4.94. The first kappa shape index (κ1) is 17.6. The Hall–Kier alpha value is -3.26. The molecule has 26 heavy (non-hydrogen) atoms. The van der Waals surface area contributed by atoms with Gasteiger partial charge in [-0.05, 0) is 31.2 Å². The van der Waals surface area contributed by atoms with Crippen LogP contribution >= 0.6 is 11.3 Å². The van der Waals surface area contributed by atoms with E-state index in [1.807, 2.05) is 24.4 Å². The number of hydrogen-bond donors (Lipinski definition) is 2. The number of nitrogens with zero attached hydrogens (tertiary/aromatic N) is 2. The Morgan fingerprint density at radius 2 is 1.92 bits per heavy atom. The molecule has 0 saturated heterocycles. The number of nitro groups is 1. The van der Waals surface area contributed by atoms with Crippen LogP contribution < -0.4 is 10.6 Å². The van der Waals surface area contributed by atoms with Crippen molar-refractivity contribution in [2.45, 2.75) is 6.92 Å². The lowest BCUT2D eigenvalue weighted by atomic mass is 10.1. The predicted octanol–water partition coefficient (Wildman–Crippen LogP) is 4.32. The van der Waals surface area contributed by atoms with Gasteiger partial charge in [-0.1, -0.05) is 12.1 Å². The Morgan fingerprint density at radius 1 is 1.19 bits per heavy atom. The third kappa shape index (κ3) is 3.70. The van der Waals surface area contributed by atoms with Crippen molar-refractivity contribution >= 4 is 34.3 Å². The minimum Gasteiger partial charge on any atom is -0.383 e. The zero-order valence-corrected chi connectivity index (χ0v) is 15.0. The van der Waals surface area contributed by atoms with Gasteiger partial charge in [-0.25, -0.2) is 4.98 Å². The minimum absolute atomic E-state index is 0.144. The lowest BCUT2D eigenvalue weighted by Crippen LogP contribution is -2.12. The molecule has 0 aliphatic carbocycles. The fourth-order valence-corrected chi connectivity index (χ4v) is 3.08. The molecule has 0 saturated carbocycles. The van der Waals surface area contributed by atoms with Crippen LogP contribution in [0.4, 0.5) is 17.1 Å². The molecular weight excluding hydrogens is 352 g/mol. The number of rotatable bonds is 5. The van der Waals surface area contributed by atoms with Crippen LogP contribution in [0, 0.1) is 17.0 Å². The van der Waals surface area contributed by atoms with Crippen molar-refractivity contribution in [2.75, 3.05) is 17.7 Å². The highest BCUT2D eigenvalue weighted by Crippen LogP contribution is 2.26. The summed E-state index contributed by atoms with van der Waals surface area (Å²) in [6, 6.07) is 11.6. The molecule has 1 heterocycles. The smallest absolute Gasteiger partial charge is 0.293 e. The minimum atomic E-state index is -0.521. The van der Waals surface area contributed by atoms with Crippen molar-refractivity contribution in [1.29, 1.82) is 0 Å². The highest BCUT2D eigenvalue weighted by atomic mass is 32.1. The molecule has 3 rings (SSSR count). The van der Waals surface area contributed by atoms with E-state index in [1.54, 1.807) is 36.6 Å². The molecular formula is C18H16N4O3S. The van der Waals surface area contributed by atoms with Crippen LogP contribution in [0.2, 0.25) is 0 Å². The lowest BCUT2D eigenvalue weighted by Gasteiger charge is -2.08. The van der Waals surface area contributed by atoms with E-state index in [9.17, 15) is 14.9 Å². The predicted molar refractivity (Wildman–Crippen MR) is 103 cm³/mol. The number of hydrogen-bond acceptors (Lipinski definition) is 6. The number of carbonyl (C=O) groups is 1. The molecule has 1 aromatic heterocycles. The SMILES string of the molecule is CNc1ccc(C(=O)Nc2ccc(-c3csc(C)n3)cc2)cc1[N+](=O)[O-]. The van der Waals surface area contributed by atoms with E-state index >= 15 is 0 Å². The van der Waals surface area contributed by atoms with Crippen LogP contribution in [0.1, 0.15) is 15.4 Å². The van der Waals surface area contributed by atoms with E-state index in [-0.39, 0.29) is 11.3 Å². The van der Waals surface area contributed by atoms with E-state index in [1.165, 1.54) is 12.1 Å². The molecule has 0 unspecified atom stereocenters. The third-order valence-electron chi connectivity index (χ3n) is 3.78. The van der Waals surface area contributed by atoms with E-state index in [2.05, 4.69) is 15.6 Å². The normalized spacial score (nSPS) is 10.4. The van der Waals surface area contributed by atoms with Crippen LogP contribution in [0.5, 0.6) is 0 Å². The molecule has 2 aromatic carbocycles. The van der Waals surface area contributed by atoms with Gasteiger partial charge in [-0.15, -0.1) is 11.3 Å². The molecule has 3 aromatic rings. The number of nitrogens with one attached hydrogen (secondary N) is 2. The van der Waals surface area contributed by atoms with Crippen molar-refractivity contribution in [3.05, 3.63) is 68.5 Å². The number of aromatic nitrogens is 1. The van der Waals surface area contributed by atoms with E-state index < -0.39 is 10.8 Å². The first-order chi connectivity index (χ1) is 12.5. The zero-order chi connectivity index (χ0) is 18.7. The summed E-state index contributed by atoms with van der Waals surface area (Å²) in [5, 5.41) is 19.6. The maximum absolute atomic E-state index is 12.4. The van der Waals surface area contributed by atoms with Gasteiger partial charge in [0.25, 0.3) is 11.6 Å². The summed E-state index contributed by atoms with van der Waals surface area (Å²) < 4.78 is 0. The summed E-state index contributed by atoms with van der Waals surface area (Å²) in [6.45, 7) is 1.95. The average molecular weight is 368 g/mol. The highest BCUT2D eigenvalue weighted by Gasteiger charge is 2.17. The summed E-state index contributed by atoms with van der Waals surface area (Å²) in [5.41, 5.74) is 2.88. The van der Waals surface area contributed by atoms with Crippen molar-refractivity contribution in [2.24, 2.45) is 0 Å². The molecule has 132 valence electrons. The second-order valence-electron chi connectivity index (χ2n) is 5.52. The molecule has 0 bridgehead atoms. The average Bonchev–Trinajstić information content (AvgIpc) is 3.08. The summed E-state index contributed by atoms with van der Waals surface area (Å²) in [4.78, 5) is 27.4. The van der Waals surface area contributed by atoms with Gasteiger partial charge in [0.15, 0.2) is 0 Å². The van der Waals surface area contributed by atoms with Gasteiger partial charge < -0.3 is 10.6 Å². The Labute approximate surface area is 153 Å². The number of aryl methyl sites for hydroxylation is 1. The molecule has 1 amide bonds. The van der Waals surface area contributed by atoms with Crippen molar-refractivity contribution in [3.63, 3.8) is 0 Å². The Balaban J connectivity index is 1.77. The zero-order valence-electron chi connectivity index (χ0n) is 14.1. The largest absolute Gasteiger partial charge is 0.383 e. The number of carbonyl (C=O) groups excluding carboxylic acids is 1. The summed E-state index contributed by atoms with van der Waals surface area (Å²) >= 11 is 1.58. The van der Waals surface area contributed by atoms with Crippen LogP contribution in [0.25, 0.3) is 11.3 Å². The van der Waals surface area contributed by atoms with Gasteiger partial charge in [0, 0.05) is 35.3 Å². The monoisotopic (exact) mass is 368 g/mol. The maximum atomic E-state index is 12.4. The Bertz CT molecular complexity index is 967. The highest BCUT2D eigenvalue weighted by molar-refractivity contribution is 7.09. The number of nitro benzene ring substituents is 1. The Morgan fingerprint density at radius 3 is 2.50 bits per heavy atom.